The molecule has 4 nitrogen and oxygen atoms in total. The van der Waals surface area contributed by atoms with Crippen LogP contribution in [0.15, 0.2) is 36.4 Å². The number of carbonyl (C=O) groups is 1. The van der Waals surface area contributed by atoms with Crippen LogP contribution in [0.25, 0.3) is 0 Å². The number of nitrogens with one attached hydrogen (secondary N) is 1. The molecule has 0 aliphatic carbocycles. The largest absolute Gasteiger partial charge is 0.506 e. The molecule has 0 fully saturated rings. The van der Waals surface area contributed by atoms with Crippen LogP contribution in [0.1, 0.15) is 15.9 Å². The number of thiocarbonyl (C=S) groups is 1. The van der Waals surface area contributed by atoms with Crippen LogP contribution in [0.2, 0.25) is 10.0 Å². The first-order chi connectivity index (χ1) is 9.88. The number of amides is 1. The van der Waals surface area contributed by atoms with Gasteiger partial charge in [0, 0.05) is 16.1 Å². The quantitative estimate of drug-likeness (QED) is 0.746. The first kappa shape index (κ1) is 15.6. The van der Waals surface area contributed by atoms with Gasteiger partial charge < -0.3 is 16.2 Å². The lowest BCUT2D eigenvalue weighted by molar-refractivity contribution is 0.102. The molecule has 0 bridgehead atoms. The Morgan fingerprint density at radius 3 is 2.52 bits per heavy atom. The molecule has 2 aromatic rings. The van der Waals surface area contributed by atoms with E-state index in [4.69, 9.17) is 41.2 Å². The summed E-state index contributed by atoms with van der Waals surface area (Å²) in [6, 6.07) is 8.95. The highest BCUT2D eigenvalue weighted by molar-refractivity contribution is 7.80. The van der Waals surface area contributed by atoms with Crippen molar-refractivity contribution in [3.8, 4) is 5.75 Å². The third-order valence-electron chi connectivity index (χ3n) is 2.71. The maximum Gasteiger partial charge on any atom is 0.255 e. The van der Waals surface area contributed by atoms with Gasteiger partial charge in [0.1, 0.15) is 10.7 Å². The fourth-order valence-corrected chi connectivity index (χ4v) is 2.21. The predicted molar refractivity (Wildman–Crippen MR) is 88.4 cm³/mol. The van der Waals surface area contributed by atoms with E-state index in [1.54, 1.807) is 18.2 Å². The van der Waals surface area contributed by atoms with E-state index in [0.717, 1.165) is 0 Å². The predicted octanol–water partition coefficient (Wildman–Crippen LogP) is 3.59. The molecule has 0 saturated heterocycles. The Kier molecular flexibility index (Phi) is 4.67. The van der Waals surface area contributed by atoms with Gasteiger partial charge >= 0.3 is 0 Å². The summed E-state index contributed by atoms with van der Waals surface area (Å²) in [5, 5.41) is 12.5. The lowest BCUT2D eigenvalue weighted by Gasteiger charge is -2.11. The SMILES string of the molecule is NC(=S)c1ccc(Cl)cc1NC(=O)c1ccc(O)c(Cl)c1. The Balaban J connectivity index is 2.33. The third kappa shape index (κ3) is 3.64. The van der Waals surface area contributed by atoms with Gasteiger partial charge in [-0.05, 0) is 36.4 Å². The lowest BCUT2D eigenvalue weighted by Crippen LogP contribution is -2.17. The zero-order valence-corrected chi connectivity index (χ0v) is 12.9. The smallest absolute Gasteiger partial charge is 0.255 e. The van der Waals surface area contributed by atoms with Crippen molar-refractivity contribution in [2.75, 3.05) is 5.32 Å². The molecule has 108 valence electrons. The Bertz CT molecular complexity index is 735. The second kappa shape index (κ2) is 6.30. The van der Waals surface area contributed by atoms with E-state index in [9.17, 15) is 9.90 Å². The Hall–Kier alpha value is -1.82. The molecule has 0 aliphatic heterocycles. The van der Waals surface area contributed by atoms with E-state index in [-0.39, 0.29) is 21.3 Å². The van der Waals surface area contributed by atoms with Gasteiger partial charge in [-0.1, -0.05) is 35.4 Å². The molecule has 0 unspecified atom stereocenters. The van der Waals surface area contributed by atoms with E-state index in [0.29, 0.717) is 16.3 Å². The maximum atomic E-state index is 12.2. The fourth-order valence-electron chi connectivity index (χ4n) is 1.68. The zero-order chi connectivity index (χ0) is 15.6. The number of hydrogen-bond donors (Lipinski definition) is 3. The summed E-state index contributed by atoms with van der Waals surface area (Å²) in [4.78, 5) is 12.3. The van der Waals surface area contributed by atoms with Crippen molar-refractivity contribution in [2.24, 2.45) is 5.73 Å². The summed E-state index contributed by atoms with van der Waals surface area (Å²) in [5.74, 6) is -0.517. The van der Waals surface area contributed by atoms with Crippen LogP contribution in [0.3, 0.4) is 0 Å². The fraction of sp³-hybridized carbons (Fsp3) is 0. The molecule has 2 aromatic carbocycles. The molecule has 2 rings (SSSR count). The van der Waals surface area contributed by atoms with E-state index in [1.165, 1.54) is 18.2 Å². The normalized spacial score (nSPS) is 10.2. The number of phenolic OH excluding ortho intramolecular Hbond substituents is 1. The summed E-state index contributed by atoms with van der Waals surface area (Å²) in [7, 11) is 0. The maximum absolute atomic E-state index is 12.2. The van der Waals surface area contributed by atoms with Crippen LogP contribution in [0.5, 0.6) is 5.75 Å². The molecule has 0 heterocycles. The Morgan fingerprint density at radius 2 is 1.90 bits per heavy atom. The van der Waals surface area contributed by atoms with Crippen LogP contribution < -0.4 is 11.1 Å². The molecular weight excluding hydrogens is 331 g/mol. The summed E-state index contributed by atoms with van der Waals surface area (Å²) in [6.07, 6.45) is 0. The van der Waals surface area contributed by atoms with Gasteiger partial charge in [-0.25, -0.2) is 0 Å². The summed E-state index contributed by atoms with van der Waals surface area (Å²) in [6.45, 7) is 0. The molecule has 7 heteroatoms. The topological polar surface area (TPSA) is 75.3 Å². The highest BCUT2D eigenvalue weighted by atomic mass is 35.5. The molecule has 21 heavy (non-hydrogen) atoms. The average Bonchev–Trinajstić information content (AvgIpc) is 2.41. The van der Waals surface area contributed by atoms with Crippen molar-refractivity contribution in [2.45, 2.75) is 0 Å². The van der Waals surface area contributed by atoms with E-state index in [2.05, 4.69) is 5.32 Å². The van der Waals surface area contributed by atoms with Gasteiger partial charge in [-0.15, -0.1) is 0 Å². The van der Waals surface area contributed by atoms with Gasteiger partial charge in [-0.2, -0.15) is 0 Å². The monoisotopic (exact) mass is 340 g/mol. The van der Waals surface area contributed by atoms with Crippen LogP contribution in [0.4, 0.5) is 5.69 Å². The molecule has 0 spiro atoms. The molecule has 0 saturated carbocycles. The number of hydrogen-bond acceptors (Lipinski definition) is 3. The van der Waals surface area contributed by atoms with Crippen LogP contribution in [-0.4, -0.2) is 16.0 Å². The number of nitrogens with two attached hydrogens (primary N) is 1. The van der Waals surface area contributed by atoms with Gasteiger partial charge in [0.15, 0.2) is 0 Å². The number of aromatic hydroxyl groups is 1. The molecule has 4 N–H and O–H groups in total. The van der Waals surface area contributed by atoms with Crippen LogP contribution in [0, 0.1) is 0 Å². The van der Waals surface area contributed by atoms with Crippen molar-refractivity contribution in [1.29, 1.82) is 0 Å². The molecule has 0 atom stereocenters. The first-order valence-electron chi connectivity index (χ1n) is 5.77. The van der Waals surface area contributed by atoms with Crippen molar-refractivity contribution in [3.05, 3.63) is 57.6 Å². The van der Waals surface area contributed by atoms with E-state index >= 15 is 0 Å². The van der Waals surface area contributed by atoms with Crippen molar-refractivity contribution >= 4 is 52.0 Å². The van der Waals surface area contributed by atoms with E-state index in [1.807, 2.05) is 0 Å². The van der Waals surface area contributed by atoms with Crippen molar-refractivity contribution < 1.29 is 9.90 Å². The van der Waals surface area contributed by atoms with Crippen molar-refractivity contribution in [3.63, 3.8) is 0 Å². The molecule has 0 aromatic heterocycles. The molecule has 0 radical (unpaired) electrons. The van der Waals surface area contributed by atoms with Gasteiger partial charge in [0.25, 0.3) is 5.91 Å². The Labute approximate surface area is 136 Å². The van der Waals surface area contributed by atoms with Crippen molar-refractivity contribution in [1.82, 2.24) is 0 Å². The highest BCUT2D eigenvalue weighted by Crippen LogP contribution is 2.25. The summed E-state index contributed by atoms with van der Waals surface area (Å²) < 4.78 is 0. The zero-order valence-electron chi connectivity index (χ0n) is 10.6. The number of rotatable bonds is 3. The second-order valence-corrected chi connectivity index (χ2v) is 5.46. The van der Waals surface area contributed by atoms with Gasteiger partial charge in [0.2, 0.25) is 0 Å². The van der Waals surface area contributed by atoms with Gasteiger partial charge in [-0.3, -0.25) is 4.79 Å². The minimum absolute atomic E-state index is 0.0864. The van der Waals surface area contributed by atoms with Crippen LogP contribution >= 0.6 is 35.4 Å². The second-order valence-electron chi connectivity index (χ2n) is 4.17. The summed E-state index contributed by atoms with van der Waals surface area (Å²) in [5.41, 5.74) is 6.80. The summed E-state index contributed by atoms with van der Waals surface area (Å²) >= 11 is 16.6. The average molecular weight is 341 g/mol. The standard InChI is InChI=1S/C14H10Cl2N2O2S/c15-8-2-3-9(13(17)21)11(6-8)18-14(20)7-1-4-12(19)10(16)5-7/h1-6,19H,(H2,17,21)(H,18,20). The third-order valence-corrected chi connectivity index (χ3v) is 3.46. The molecule has 1 amide bonds. The molecular formula is C14H10Cl2N2O2S. The number of carbonyl (C=O) groups excluding carboxylic acids is 1. The first-order valence-corrected chi connectivity index (χ1v) is 6.94. The van der Waals surface area contributed by atoms with Crippen LogP contribution in [-0.2, 0) is 0 Å². The molecule has 0 aliphatic rings. The lowest BCUT2D eigenvalue weighted by atomic mass is 10.1. The minimum atomic E-state index is -0.420. The number of phenols is 1. The highest BCUT2D eigenvalue weighted by Gasteiger charge is 2.12. The minimum Gasteiger partial charge on any atom is -0.506 e. The Morgan fingerprint density at radius 1 is 1.19 bits per heavy atom. The van der Waals surface area contributed by atoms with Gasteiger partial charge in [0.05, 0.1) is 10.7 Å². The number of benzene rings is 2. The number of anilines is 1. The number of halogens is 2. The van der Waals surface area contributed by atoms with E-state index < -0.39 is 5.91 Å².